The van der Waals surface area contributed by atoms with Crippen LogP contribution in [0.15, 0.2) is 24.3 Å². The highest BCUT2D eigenvalue weighted by Gasteiger charge is 2.19. The lowest BCUT2D eigenvalue weighted by Crippen LogP contribution is -2.26. The van der Waals surface area contributed by atoms with Gasteiger partial charge < -0.3 is 14.8 Å². The first kappa shape index (κ1) is 16.9. The molecule has 0 aromatic heterocycles. The summed E-state index contributed by atoms with van der Waals surface area (Å²) >= 11 is 0. The van der Waals surface area contributed by atoms with Crippen molar-refractivity contribution in [3.05, 3.63) is 29.8 Å². The van der Waals surface area contributed by atoms with Gasteiger partial charge in [0.05, 0.1) is 5.60 Å². The predicted molar refractivity (Wildman–Crippen MR) is 75.2 cm³/mol. The first-order chi connectivity index (χ1) is 9.38. The third-order valence-corrected chi connectivity index (χ3v) is 3.44. The molecular weight excluding hydrogens is 264 g/mol. The van der Waals surface area contributed by atoms with Gasteiger partial charge in [0.25, 0.3) is 0 Å². The summed E-state index contributed by atoms with van der Waals surface area (Å²) in [5.74, 6) is 0.177. The van der Waals surface area contributed by atoms with Crippen LogP contribution in [-0.4, -0.2) is 26.4 Å². The second-order valence-electron chi connectivity index (χ2n) is 5.29. The van der Waals surface area contributed by atoms with E-state index in [1.54, 1.807) is 31.4 Å². The van der Waals surface area contributed by atoms with Crippen molar-refractivity contribution < 1.29 is 18.3 Å². The molecule has 0 fully saturated rings. The summed E-state index contributed by atoms with van der Waals surface area (Å²) in [6, 6.07) is 6.89. The van der Waals surface area contributed by atoms with E-state index in [-0.39, 0.29) is 17.4 Å². The van der Waals surface area contributed by atoms with Gasteiger partial charge in [0.15, 0.2) is 0 Å². The molecule has 0 saturated carbocycles. The van der Waals surface area contributed by atoms with E-state index in [1.807, 2.05) is 20.9 Å². The average Bonchev–Trinajstić information content (AvgIpc) is 2.40. The Bertz CT molecular complexity index is 393. The lowest BCUT2D eigenvalue weighted by molar-refractivity contribution is -0.0498. The van der Waals surface area contributed by atoms with Crippen molar-refractivity contribution in [3.63, 3.8) is 0 Å². The minimum Gasteiger partial charge on any atom is -0.435 e. The molecule has 1 N–H and O–H groups in total. The maximum atomic E-state index is 12.1. The van der Waals surface area contributed by atoms with E-state index in [0.717, 1.165) is 18.4 Å². The highest BCUT2D eigenvalue weighted by molar-refractivity contribution is 5.29. The molecule has 1 aromatic rings. The van der Waals surface area contributed by atoms with E-state index in [2.05, 4.69) is 10.1 Å². The van der Waals surface area contributed by atoms with Gasteiger partial charge in [-0.25, -0.2) is 0 Å². The number of nitrogens with one attached hydrogen (secondary N) is 1. The molecule has 114 valence electrons. The molecule has 0 aliphatic rings. The lowest BCUT2D eigenvalue weighted by atomic mass is 9.95. The Morgan fingerprint density at radius 1 is 1.20 bits per heavy atom. The summed E-state index contributed by atoms with van der Waals surface area (Å²) in [4.78, 5) is 0. The fourth-order valence-electron chi connectivity index (χ4n) is 1.95. The molecule has 0 aliphatic carbocycles. The number of alkyl halides is 2. The quantitative estimate of drug-likeness (QED) is 0.790. The maximum Gasteiger partial charge on any atom is 0.387 e. The van der Waals surface area contributed by atoms with Gasteiger partial charge in [-0.2, -0.15) is 8.78 Å². The van der Waals surface area contributed by atoms with Crippen LogP contribution < -0.4 is 10.1 Å². The van der Waals surface area contributed by atoms with Crippen LogP contribution in [0.4, 0.5) is 8.78 Å². The van der Waals surface area contributed by atoms with Gasteiger partial charge in [-0.1, -0.05) is 12.1 Å². The number of hydrogen-bond donors (Lipinski definition) is 1. The molecule has 0 amide bonds. The van der Waals surface area contributed by atoms with Crippen LogP contribution in [0, 0.1) is 0 Å². The smallest absolute Gasteiger partial charge is 0.387 e. The molecule has 0 aliphatic heterocycles. The third-order valence-electron chi connectivity index (χ3n) is 3.44. The standard InChI is InChI=1S/C15H23F2NO2/c1-15(2,19-4)10-9-13(18-3)11-5-7-12(8-6-11)20-14(16)17/h5-8,13-14,18H,9-10H2,1-4H3. The first-order valence-electron chi connectivity index (χ1n) is 6.65. The molecular formula is C15H23F2NO2. The Balaban J connectivity index is 2.65. The SMILES string of the molecule is CNC(CCC(C)(C)OC)c1ccc(OC(F)F)cc1. The van der Waals surface area contributed by atoms with Gasteiger partial charge in [-0.15, -0.1) is 0 Å². The molecule has 0 saturated heterocycles. The molecule has 0 spiro atoms. The van der Waals surface area contributed by atoms with E-state index >= 15 is 0 Å². The minimum atomic E-state index is -2.79. The van der Waals surface area contributed by atoms with E-state index in [9.17, 15) is 8.78 Å². The summed E-state index contributed by atoms with van der Waals surface area (Å²) in [7, 11) is 3.58. The van der Waals surface area contributed by atoms with Gasteiger partial charge in [0.1, 0.15) is 5.75 Å². The summed E-state index contributed by atoms with van der Waals surface area (Å²) in [5, 5.41) is 3.23. The second-order valence-corrected chi connectivity index (χ2v) is 5.29. The third kappa shape index (κ3) is 5.43. The molecule has 5 heteroatoms. The van der Waals surface area contributed by atoms with E-state index in [0.29, 0.717) is 0 Å². The summed E-state index contributed by atoms with van der Waals surface area (Å²) in [5.41, 5.74) is 0.870. The fraction of sp³-hybridized carbons (Fsp3) is 0.600. The molecule has 3 nitrogen and oxygen atoms in total. The molecule has 0 bridgehead atoms. The average molecular weight is 287 g/mol. The van der Waals surface area contributed by atoms with E-state index < -0.39 is 6.61 Å². The Hall–Kier alpha value is -1.20. The summed E-state index contributed by atoms with van der Waals surface area (Å²) in [6.45, 7) is 1.29. The maximum absolute atomic E-state index is 12.1. The van der Waals surface area contributed by atoms with Crippen molar-refractivity contribution in [2.75, 3.05) is 14.2 Å². The fourth-order valence-corrected chi connectivity index (χ4v) is 1.95. The van der Waals surface area contributed by atoms with Gasteiger partial charge in [-0.05, 0) is 51.4 Å². The van der Waals surface area contributed by atoms with Crippen molar-refractivity contribution in [1.82, 2.24) is 5.32 Å². The van der Waals surface area contributed by atoms with E-state index in [1.165, 1.54) is 0 Å². The van der Waals surface area contributed by atoms with Crippen LogP contribution in [0.25, 0.3) is 0 Å². The summed E-state index contributed by atoms with van der Waals surface area (Å²) < 4.78 is 33.9. The largest absolute Gasteiger partial charge is 0.435 e. The highest BCUT2D eigenvalue weighted by Crippen LogP contribution is 2.26. The zero-order valence-corrected chi connectivity index (χ0v) is 12.5. The number of benzene rings is 1. The van der Waals surface area contributed by atoms with Crippen LogP contribution in [0.5, 0.6) is 5.75 Å². The van der Waals surface area contributed by atoms with E-state index in [4.69, 9.17) is 4.74 Å². The Morgan fingerprint density at radius 2 is 1.80 bits per heavy atom. The highest BCUT2D eigenvalue weighted by atomic mass is 19.3. The summed E-state index contributed by atoms with van der Waals surface area (Å²) in [6.07, 6.45) is 1.79. The van der Waals surface area contributed by atoms with Crippen LogP contribution in [0.3, 0.4) is 0 Å². The first-order valence-corrected chi connectivity index (χ1v) is 6.65. The number of hydrogen-bond acceptors (Lipinski definition) is 3. The predicted octanol–water partition coefficient (Wildman–Crippen LogP) is 3.75. The van der Waals surface area contributed by atoms with Gasteiger partial charge in [-0.3, -0.25) is 0 Å². The molecule has 20 heavy (non-hydrogen) atoms. The van der Waals surface area contributed by atoms with Crippen molar-refractivity contribution in [2.45, 2.75) is 44.9 Å². The number of rotatable bonds is 8. The van der Waals surface area contributed by atoms with Crippen LogP contribution in [-0.2, 0) is 4.74 Å². The molecule has 0 radical (unpaired) electrons. The Labute approximate surface area is 119 Å². The monoisotopic (exact) mass is 287 g/mol. The van der Waals surface area contributed by atoms with Gasteiger partial charge in [0, 0.05) is 13.2 Å². The Kier molecular flexibility index (Phi) is 6.36. The van der Waals surface area contributed by atoms with Crippen molar-refractivity contribution >= 4 is 0 Å². The van der Waals surface area contributed by atoms with Crippen molar-refractivity contribution in [2.24, 2.45) is 0 Å². The normalized spacial score (nSPS) is 13.6. The van der Waals surface area contributed by atoms with Crippen molar-refractivity contribution in [3.8, 4) is 5.75 Å². The zero-order chi connectivity index (χ0) is 15.2. The van der Waals surface area contributed by atoms with Crippen LogP contribution in [0.1, 0.15) is 38.3 Å². The topological polar surface area (TPSA) is 30.5 Å². The molecule has 1 aromatic carbocycles. The van der Waals surface area contributed by atoms with Gasteiger partial charge in [0.2, 0.25) is 0 Å². The van der Waals surface area contributed by atoms with Crippen LogP contribution >= 0.6 is 0 Å². The molecule has 0 heterocycles. The van der Waals surface area contributed by atoms with Gasteiger partial charge >= 0.3 is 6.61 Å². The van der Waals surface area contributed by atoms with Crippen LogP contribution in [0.2, 0.25) is 0 Å². The number of methoxy groups -OCH3 is 1. The zero-order valence-electron chi connectivity index (χ0n) is 12.5. The van der Waals surface area contributed by atoms with Crippen molar-refractivity contribution in [1.29, 1.82) is 0 Å². The Morgan fingerprint density at radius 3 is 2.25 bits per heavy atom. The minimum absolute atomic E-state index is 0.157. The molecule has 1 atom stereocenters. The number of ether oxygens (including phenoxy) is 2. The number of halogens is 2. The lowest BCUT2D eigenvalue weighted by Gasteiger charge is -2.26. The molecule has 1 unspecified atom stereocenters. The molecule has 1 rings (SSSR count). The second kappa shape index (κ2) is 7.55.